The third-order valence-electron chi connectivity index (χ3n) is 0.422. The van der Waals surface area contributed by atoms with Crippen LogP contribution in [0.5, 0.6) is 0 Å². The van der Waals surface area contributed by atoms with E-state index in [4.69, 9.17) is 40.2 Å². The molecule has 15 heavy (non-hydrogen) atoms. The van der Waals surface area contributed by atoms with Crippen molar-refractivity contribution < 1.29 is 40.2 Å². The summed E-state index contributed by atoms with van der Waals surface area (Å²) in [5, 5.41) is 48.3. The van der Waals surface area contributed by atoms with Crippen LogP contribution in [0.3, 0.4) is 0 Å². The molecule has 0 aliphatic heterocycles. The summed E-state index contributed by atoms with van der Waals surface area (Å²) in [7, 11) is 0. The molecule has 9 heteroatoms. The second-order valence-corrected chi connectivity index (χ2v) is 4.74. The summed E-state index contributed by atoms with van der Waals surface area (Å²) >= 11 is 0.230. The average Bonchev–Trinajstić information content (AvgIpc) is 2.06. The Bertz CT molecular complexity index is 151. The van der Waals surface area contributed by atoms with Crippen LogP contribution < -0.4 is 10.2 Å². The van der Waals surface area contributed by atoms with Crippen LogP contribution in [0.15, 0.2) is 0 Å². The number of aliphatic hydroxyl groups excluding tert-OH is 2. The van der Waals surface area contributed by atoms with Gasteiger partial charge in [-0.2, -0.15) is 0 Å². The van der Waals surface area contributed by atoms with Gasteiger partial charge >= 0.3 is 31.0 Å². The van der Waals surface area contributed by atoms with Gasteiger partial charge in [0.25, 0.3) is 0 Å². The molecule has 0 saturated heterocycles. The molecule has 0 atom stereocenters. The van der Waals surface area contributed by atoms with Crippen LogP contribution in [0.25, 0.3) is 0 Å². The van der Waals surface area contributed by atoms with E-state index in [0.717, 1.165) is 0 Å². The number of rotatable bonds is 2. The molecule has 0 spiro atoms. The number of carboxylic acid groups (broad SMARTS) is 2. The monoisotopic (exact) mass is 332 g/mol. The van der Waals surface area contributed by atoms with Gasteiger partial charge in [0.05, 0.1) is 11.9 Å². The number of hydrogen-bond acceptors (Lipinski definition) is 8. The van der Waals surface area contributed by atoms with Crippen molar-refractivity contribution in [2.75, 3.05) is 0 Å². The number of aliphatic hydroxyl groups is 4. The van der Waals surface area contributed by atoms with Crippen molar-refractivity contribution in [3.05, 3.63) is 0 Å². The Hall–Kier alpha value is -0.421. The van der Waals surface area contributed by atoms with Crippen molar-refractivity contribution in [2.24, 2.45) is 0 Å². The Morgan fingerprint density at radius 1 is 0.933 bits per heavy atom. The van der Waals surface area contributed by atoms with Gasteiger partial charge in [0.2, 0.25) is 0 Å². The van der Waals surface area contributed by atoms with E-state index in [1.165, 1.54) is 0 Å². The van der Waals surface area contributed by atoms with Crippen LogP contribution >= 0.6 is 0 Å². The summed E-state index contributed by atoms with van der Waals surface area (Å²) in [6.45, 7) is 0. The summed E-state index contributed by atoms with van der Waals surface area (Å²) in [4.78, 5) is 22.8. The number of carboxylic acids is 2. The molecule has 0 unspecified atom stereocenters. The van der Waals surface area contributed by atoms with Gasteiger partial charge in [-0.25, -0.2) is 0 Å². The van der Waals surface area contributed by atoms with Crippen molar-refractivity contribution in [3.63, 3.8) is 0 Å². The van der Waals surface area contributed by atoms with Gasteiger partial charge < -0.3 is 40.2 Å². The van der Waals surface area contributed by atoms with Gasteiger partial charge in [-0.1, -0.05) is 0 Å². The Morgan fingerprint density at radius 3 is 1.00 bits per heavy atom. The van der Waals surface area contributed by atoms with Gasteiger partial charge in [0.15, 0.2) is 12.6 Å². The van der Waals surface area contributed by atoms with Crippen LogP contribution in [-0.4, -0.2) is 66.1 Å². The van der Waals surface area contributed by atoms with Crippen LogP contribution in [0.4, 0.5) is 0 Å². The van der Waals surface area contributed by atoms with E-state index in [1.54, 1.807) is 0 Å². The minimum atomic E-state index is -2.34. The van der Waals surface area contributed by atoms with Gasteiger partial charge in [-0.15, -0.1) is 0 Å². The second kappa shape index (κ2) is 13.6. The number of hydrogen-bond donors (Lipinski definition) is 4. The van der Waals surface area contributed by atoms with Crippen LogP contribution in [-0.2, 0) is 9.59 Å². The first-order chi connectivity index (χ1) is 6.70. The van der Waals surface area contributed by atoms with Crippen LogP contribution in [0, 0.1) is 0 Å². The zero-order valence-corrected chi connectivity index (χ0v) is 10.9. The molecule has 0 aromatic carbocycles. The first-order valence-electron chi connectivity index (χ1n) is 3.43. The summed E-state index contributed by atoms with van der Waals surface area (Å²) in [5.41, 5.74) is 0. The first kappa shape index (κ1) is 20.1. The molecule has 0 aliphatic rings. The average molecular weight is 331 g/mol. The van der Waals surface area contributed by atoms with E-state index >= 15 is 0 Å². The first-order valence-corrected chi connectivity index (χ1v) is 9.13. The third kappa shape index (κ3) is 31.7. The molecule has 0 fully saturated rings. The van der Waals surface area contributed by atoms with E-state index in [-0.39, 0.29) is 21.1 Å². The van der Waals surface area contributed by atoms with Crippen LogP contribution in [0.2, 0.25) is 9.88 Å². The minimum absolute atomic E-state index is 0.230. The Balaban J connectivity index is -0.000000153. The van der Waals surface area contributed by atoms with E-state index < -0.39 is 24.5 Å². The molecule has 0 aromatic heterocycles. The summed E-state index contributed by atoms with van der Waals surface area (Å²) in [6, 6.07) is 0. The van der Waals surface area contributed by atoms with Crippen molar-refractivity contribution in [1.82, 2.24) is 0 Å². The van der Waals surface area contributed by atoms with Crippen molar-refractivity contribution in [3.8, 4) is 0 Å². The normalized spacial score (nSPS) is 8.00. The van der Waals surface area contributed by atoms with Gasteiger partial charge in [-0.3, -0.25) is 0 Å². The van der Waals surface area contributed by atoms with E-state index in [1.807, 2.05) is 0 Å². The molecule has 0 rings (SSSR count). The van der Waals surface area contributed by atoms with Crippen molar-refractivity contribution >= 4 is 33.1 Å². The molecule has 0 heterocycles. The third-order valence-corrected chi connectivity index (χ3v) is 0.422. The Kier molecular flexibility index (Phi) is 18.2. The Morgan fingerprint density at radius 2 is 1.00 bits per heavy atom. The van der Waals surface area contributed by atoms with Crippen molar-refractivity contribution in [2.45, 2.75) is 22.5 Å². The number of aliphatic carboxylic acids is 2. The standard InChI is InChI=1S/2C2H4O4.2CH3.Sn/c2*3-1(4)2(5)6;;;/h2*1,3-4H,(H,5,6);2*1H3;/q;;;;+2/p-2. The fourth-order valence-corrected chi connectivity index (χ4v) is 0. The van der Waals surface area contributed by atoms with Gasteiger partial charge in [0, 0.05) is 0 Å². The summed E-state index contributed by atoms with van der Waals surface area (Å²) < 4.78 is 0. The molecular weight excluding hydrogens is 319 g/mol. The molecule has 0 amide bonds. The predicted octanol–water partition coefficient (Wildman–Crippen LogP) is -5.12. The van der Waals surface area contributed by atoms with E-state index in [9.17, 15) is 0 Å². The van der Waals surface area contributed by atoms with Crippen molar-refractivity contribution in [1.29, 1.82) is 0 Å². The summed E-state index contributed by atoms with van der Waals surface area (Å²) in [5.74, 6) is -3.76. The fourth-order valence-electron chi connectivity index (χ4n) is 0. The quantitative estimate of drug-likeness (QED) is 0.289. The van der Waals surface area contributed by atoms with E-state index in [2.05, 4.69) is 9.88 Å². The maximum atomic E-state index is 9.09. The topological polar surface area (TPSA) is 161 Å². The van der Waals surface area contributed by atoms with Gasteiger partial charge in [0.1, 0.15) is 0 Å². The molecule has 88 valence electrons. The summed E-state index contributed by atoms with van der Waals surface area (Å²) in [6.07, 6.45) is -4.69. The zero-order chi connectivity index (χ0) is 13.0. The molecule has 0 saturated carbocycles. The zero-order valence-electron chi connectivity index (χ0n) is 8.08. The number of carbonyl (C=O) groups is 2. The molecule has 0 aliphatic carbocycles. The predicted molar refractivity (Wildman–Crippen MR) is 43.9 cm³/mol. The molecule has 0 aromatic rings. The van der Waals surface area contributed by atoms with Gasteiger partial charge in [-0.05, 0) is 0 Å². The SMILES string of the molecule is O=C([O-])C(O)O.O=C([O-])C(O)O.[CH3][Sn+2][CH3]. The molecule has 0 radical (unpaired) electrons. The number of carbonyl (C=O) groups excluding carboxylic acids is 2. The Labute approximate surface area is 96.0 Å². The second-order valence-electron chi connectivity index (χ2n) is 1.89. The molecule has 0 bridgehead atoms. The molecule has 4 N–H and O–H groups in total. The van der Waals surface area contributed by atoms with Crippen LogP contribution in [0.1, 0.15) is 0 Å². The molecule has 8 nitrogen and oxygen atoms in total. The molecular formula is C6H12O8Sn. The van der Waals surface area contributed by atoms with E-state index in [0.29, 0.717) is 0 Å². The maximum absolute atomic E-state index is 9.09. The fraction of sp³-hybridized carbons (Fsp3) is 0.667.